The number of hydrogen-bond acceptors (Lipinski definition) is 4. The zero-order valence-corrected chi connectivity index (χ0v) is 16.1. The SMILES string of the molecule is Cc1cc(C)cc(C(=O)CCCc2ccccc2-c2nc3ncccc3o2)c1. The molecule has 0 aliphatic heterocycles. The molecule has 0 saturated carbocycles. The summed E-state index contributed by atoms with van der Waals surface area (Å²) in [5.41, 5.74) is 6.42. The van der Waals surface area contributed by atoms with Crippen molar-refractivity contribution in [2.75, 3.05) is 0 Å². The fourth-order valence-electron chi connectivity index (χ4n) is 3.55. The van der Waals surface area contributed by atoms with Gasteiger partial charge in [0.2, 0.25) is 5.89 Å². The summed E-state index contributed by atoms with van der Waals surface area (Å²) in [6.07, 6.45) is 3.80. The first-order valence-electron chi connectivity index (χ1n) is 9.51. The van der Waals surface area contributed by atoms with Crippen molar-refractivity contribution < 1.29 is 9.21 Å². The van der Waals surface area contributed by atoms with E-state index in [0.29, 0.717) is 23.5 Å². The average molecular weight is 370 g/mol. The number of benzene rings is 2. The number of pyridine rings is 1. The summed E-state index contributed by atoms with van der Waals surface area (Å²) in [6.45, 7) is 4.05. The minimum atomic E-state index is 0.190. The number of Topliss-reactive ketones (excluding diaryl/α,β-unsaturated/α-hetero) is 1. The molecule has 0 spiro atoms. The maximum Gasteiger partial charge on any atom is 0.229 e. The van der Waals surface area contributed by atoms with Crippen molar-refractivity contribution in [1.82, 2.24) is 9.97 Å². The van der Waals surface area contributed by atoms with E-state index < -0.39 is 0 Å². The molecular formula is C24H22N2O2. The molecule has 0 aliphatic carbocycles. The normalized spacial score (nSPS) is 11.1. The van der Waals surface area contributed by atoms with Crippen molar-refractivity contribution in [2.24, 2.45) is 0 Å². The number of carbonyl (C=O) groups is 1. The Morgan fingerprint density at radius 3 is 2.57 bits per heavy atom. The summed E-state index contributed by atoms with van der Waals surface area (Å²) >= 11 is 0. The number of hydrogen-bond donors (Lipinski definition) is 0. The van der Waals surface area contributed by atoms with Crippen molar-refractivity contribution in [3.63, 3.8) is 0 Å². The van der Waals surface area contributed by atoms with Crippen molar-refractivity contribution in [2.45, 2.75) is 33.1 Å². The number of nitrogens with zero attached hydrogens (tertiary/aromatic N) is 2. The summed E-state index contributed by atoms with van der Waals surface area (Å²) in [7, 11) is 0. The van der Waals surface area contributed by atoms with Gasteiger partial charge in [-0.2, -0.15) is 4.98 Å². The van der Waals surface area contributed by atoms with E-state index in [9.17, 15) is 4.79 Å². The first-order chi connectivity index (χ1) is 13.6. The predicted molar refractivity (Wildman–Crippen MR) is 110 cm³/mol. The third-order valence-corrected chi connectivity index (χ3v) is 4.81. The Morgan fingerprint density at radius 2 is 1.79 bits per heavy atom. The van der Waals surface area contributed by atoms with Crippen LogP contribution in [0.5, 0.6) is 0 Å². The van der Waals surface area contributed by atoms with E-state index in [0.717, 1.165) is 40.7 Å². The molecule has 2 aromatic heterocycles. The van der Waals surface area contributed by atoms with Gasteiger partial charge in [0.05, 0.1) is 0 Å². The van der Waals surface area contributed by atoms with E-state index in [2.05, 4.69) is 22.1 Å². The number of ketones is 1. The number of aromatic nitrogens is 2. The molecule has 0 atom stereocenters. The van der Waals surface area contributed by atoms with Gasteiger partial charge in [0.1, 0.15) is 0 Å². The Balaban J connectivity index is 1.49. The lowest BCUT2D eigenvalue weighted by atomic mass is 9.97. The second-order valence-electron chi connectivity index (χ2n) is 7.15. The van der Waals surface area contributed by atoms with Gasteiger partial charge in [-0.05, 0) is 62.6 Å². The van der Waals surface area contributed by atoms with E-state index in [1.807, 2.05) is 56.3 Å². The molecule has 4 aromatic rings. The second-order valence-corrected chi connectivity index (χ2v) is 7.15. The highest BCUT2D eigenvalue weighted by atomic mass is 16.3. The number of rotatable bonds is 6. The molecule has 4 nitrogen and oxygen atoms in total. The van der Waals surface area contributed by atoms with Crippen molar-refractivity contribution in [3.8, 4) is 11.5 Å². The average Bonchev–Trinajstić information content (AvgIpc) is 3.11. The molecule has 2 aromatic carbocycles. The van der Waals surface area contributed by atoms with Gasteiger partial charge in [0.15, 0.2) is 17.0 Å². The highest BCUT2D eigenvalue weighted by Crippen LogP contribution is 2.27. The molecule has 0 saturated heterocycles. The largest absolute Gasteiger partial charge is 0.434 e. The number of aryl methyl sites for hydroxylation is 3. The van der Waals surface area contributed by atoms with Crippen LogP contribution in [0.15, 0.2) is 65.2 Å². The summed E-state index contributed by atoms with van der Waals surface area (Å²) < 4.78 is 5.88. The number of oxazole rings is 1. The number of fused-ring (bicyclic) bond motifs is 1. The fraction of sp³-hybridized carbons (Fsp3) is 0.208. The Hall–Kier alpha value is -3.27. The lowest BCUT2D eigenvalue weighted by Crippen LogP contribution is -2.01. The van der Waals surface area contributed by atoms with Crippen LogP contribution in [0.1, 0.15) is 39.9 Å². The molecule has 4 rings (SSSR count). The summed E-state index contributed by atoms with van der Waals surface area (Å²) in [5.74, 6) is 0.764. The Morgan fingerprint density at radius 1 is 1.00 bits per heavy atom. The van der Waals surface area contributed by atoms with Crippen molar-refractivity contribution in [1.29, 1.82) is 0 Å². The maximum atomic E-state index is 12.6. The van der Waals surface area contributed by atoms with Gasteiger partial charge in [-0.1, -0.05) is 35.4 Å². The van der Waals surface area contributed by atoms with Gasteiger partial charge in [0.25, 0.3) is 0 Å². The highest BCUT2D eigenvalue weighted by molar-refractivity contribution is 5.96. The highest BCUT2D eigenvalue weighted by Gasteiger charge is 2.13. The molecule has 0 radical (unpaired) electrons. The van der Waals surface area contributed by atoms with Gasteiger partial charge < -0.3 is 4.42 Å². The summed E-state index contributed by atoms with van der Waals surface area (Å²) in [6, 6.07) is 17.8. The monoisotopic (exact) mass is 370 g/mol. The minimum Gasteiger partial charge on any atom is -0.434 e. The summed E-state index contributed by atoms with van der Waals surface area (Å²) in [5, 5.41) is 0. The molecule has 28 heavy (non-hydrogen) atoms. The van der Waals surface area contributed by atoms with Crippen LogP contribution < -0.4 is 0 Å². The topological polar surface area (TPSA) is 56.0 Å². The van der Waals surface area contributed by atoms with Crippen LogP contribution >= 0.6 is 0 Å². The molecule has 0 fully saturated rings. The molecule has 0 aliphatic rings. The molecule has 4 heteroatoms. The van der Waals surface area contributed by atoms with Gasteiger partial charge >= 0.3 is 0 Å². The van der Waals surface area contributed by atoms with Crippen LogP contribution in [0, 0.1) is 13.8 Å². The maximum absolute atomic E-state index is 12.6. The Labute approximate surface area is 164 Å². The quantitative estimate of drug-likeness (QED) is 0.408. The molecule has 2 heterocycles. The van der Waals surface area contributed by atoms with Crippen molar-refractivity contribution in [3.05, 3.63) is 83.0 Å². The smallest absolute Gasteiger partial charge is 0.229 e. The van der Waals surface area contributed by atoms with E-state index in [1.54, 1.807) is 6.20 Å². The van der Waals surface area contributed by atoms with Gasteiger partial charge in [-0.15, -0.1) is 0 Å². The van der Waals surface area contributed by atoms with E-state index >= 15 is 0 Å². The van der Waals surface area contributed by atoms with Crippen LogP contribution in [-0.2, 0) is 6.42 Å². The molecule has 0 unspecified atom stereocenters. The first-order valence-corrected chi connectivity index (χ1v) is 9.51. The summed E-state index contributed by atoms with van der Waals surface area (Å²) in [4.78, 5) is 21.3. The number of carbonyl (C=O) groups excluding carboxylic acids is 1. The molecule has 0 N–H and O–H groups in total. The molecule has 0 amide bonds. The second kappa shape index (κ2) is 7.77. The zero-order chi connectivity index (χ0) is 19.5. The Kier molecular flexibility index (Phi) is 5.02. The lowest BCUT2D eigenvalue weighted by molar-refractivity contribution is 0.0980. The fourth-order valence-corrected chi connectivity index (χ4v) is 3.55. The standard InChI is InChI=1S/C24H22N2O2/c1-16-13-17(2)15-19(14-16)21(27)10-5-8-18-7-3-4-9-20(18)24-26-23-22(28-24)11-6-12-25-23/h3-4,6-7,9,11-15H,5,8,10H2,1-2H3. The van der Waals surface area contributed by atoms with Gasteiger partial charge in [0, 0.05) is 23.7 Å². The third kappa shape index (κ3) is 3.86. The van der Waals surface area contributed by atoms with Gasteiger partial charge in [-0.25, -0.2) is 4.98 Å². The molecule has 140 valence electrons. The van der Waals surface area contributed by atoms with E-state index in [-0.39, 0.29) is 5.78 Å². The van der Waals surface area contributed by atoms with Crippen LogP contribution in [0.3, 0.4) is 0 Å². The van der Waals surface area contributed by atoms with Crippen LogP contribution in [0.2, 0.25) is 0 Å². The van der Waals surface area contributed by atoms with Crippen LogP contribution in [0.25, 0.3) is 22.7 Å². The van der Waals surface area contributed by atoms with Crippen LogP contribution in [-0.4, -0.2) is 15.8 Å². The van der Waals surface area contributed by atoms with Crippen LogP contribution in [0.4, 0.5) is 0 Å². The Bertz CT molecular complexity index is 1090. The van der Waals surface area contributed by atoms with Gasteiger partial charge in [-0.3, -0.25) is 4.79 Å². The van der Waals surface area contributed by atoms with E-state index in [4.69, 9.17) is 4.42 Å². The zero-order valence-electron chi connectivity index (χ0n) is 16.1. The molecular weight excluding hydrogens is 348 g/mol. The lowest BCUT2D eigenvalue weighted by Gasteiger charge is -2.07. The minimum absolute atomic E-state index is 0.190. The third-order valence-electron chi connectivity index (χ3n) is 4.81. The van der Waals surface area contributed by atoms with Crippen molar-refractivity contribution >= 4 is 17.0 Å². The molecule has 0 bridgehead atoms. The van der Waals surface area contributed by atoms with E-state index in [1.165, 1.54) is 0 Å². The first kappa shape index (κ1) is 18.1. The predicted octanol–water partition coefficient (Wildman–Crippen LogP) is 5.71.